The van der Waals surface area contributed by atoms with Gasteiger partial charge in [0.05, 0.1) is 19.0 Å². The molecule has 6 heteroatoms. The highest BCUT2D eigenvalue weighted by Crippen LogP contribution is 2.70. The van der Waals surface area contributed by atoms with E-state index in [0.717, 1.165) is 67.6 Å². The van der Waals surface area contributed by atoms with Gasteiger partial charge in [0, 0.05) is 24.7 Å². The van der Waals surface area contributed by atoms with Crippen LogP contribution in [0.1, 0.15) is 177 Å². The number of aliphatic hydroxyl groups is 1. The first-order valence-corrected chi connectivity index (χ1v) is 28.8. The largest absolute Gasteiger partial charge is 0.547 e. The molecule has 8 unspecified atom stereocenters. The molecule has 0 saturated heterocycles. The van der Waals surface area contributed by atoms with Gasteiger partial charge < -0.3 is 14.3 Å². The van der Waals surface area contributed by atoms with Gasteiger partial charge in [-0.3, -0.25) is 9.59 Å². The quantitative estimate of drug-likeness (QED) is 0.185. The predicted octanol–water partition coefficient (Wildman–Crippen LogP) is 13.4. The average Bonchev–Trinajstić information content (AvgIpc) is 3.71. The van der Waals surface area contributed by atoms with Crippen LogP contribution in [0.5, 0.6) is 0 Å². The third kappa shape index (κ3) is 8.27. The molecule has 0 aromatic heterocycles. The highest BCUT2D eigenvalue weighted by atomic mass is 28.4. The minimum atomic E-state index is -1.61. The maximum Gasteiger partial charge on any atom is 0.305 e. The number of rotatable bonds is 9. The zero-order valence-corrected chi connectivity index (χ0v) is 41.2. The summed E-state index contributed by atoms with van der Waals surface area (Å²) in [7, 11) is -0.141. The Morgan fingerprint density at radius 2 is 1.31 bits per heavy atom. The topological polar surface area (TPSA) is 72.8 Å². The lowest BCUT2D eigenvalue weighted by atomic mass is 9.44. The van der Waals surface area contributed by atoms with Crippen LogP contribution >= 0.6 is 0 Å². The highest BCUT2D eigenvalue weighted by molar-refractivity contribution is 6.70. The van der Waals surface area contributed by atoms with Crippen molar-refractivity contribution in [2.75, 3.05) is 7.11 Å². The first kappa shape index (κ1) is 45.9. The number of carbonyl (C=O) groups is 2. The van der Waals surface area contributed by atoms with Gasteiger partial charge in [-0.25, -0.2) is 0 Å². The second-order valence-electron chi connectivity index (χ2n) is 24.9. The number of methoxy groups -OCH3 is 1. The Morgan fingerprint density at radius 1 is 0.763 bits per heavy atom. The fourth-order valence-electron chi connectivity index (χ4n) is 17.5. The molecule has 7 saturated carbocycles. The molecule has 1 N–H and O–H groups in total. The van der Waals surface area contributed by atoms with Gasteiger partial charge in [-0.2, -0.15) is 0 Å². The molecule has 0 radical (unpaired) electrons. The number of esters is 1. The third-order valence-electron chi connectivity index (χ3n) is 20.7. The Labute approximate surface area is 363 Å². The number of allylic oxidation sites excluding steroid dienone is 2. The van der Waals surface area contributed by atoms with E-state index in [4.69, 9.17) is 9.16 Å². The van der Waals surface area contributed by atoms with Crippen molar-refractivity contribution in [1.29, 1.82) is 0 Å². The summed E-state index contributed by atoms with van der Waals surface area (Å²) in [6, 6.07) is 0. The maximum atomic E-state index is 13.4. The fraction of sp³-hybridized carbons (Fsp3) is 0.925. The van der Waals surface area contributed by atoms with E-state index in [1.54, 1.807) is 0 Å². The van der Waals surface area contributed by atoms with E-state index in [-0.39, 0.29) is 28.8 Å². The normalized spacial score (nSPS) is 47.3. The van der Waals surface area contributed by atoms with Crippen LogP contribution in [0.2, 0.25) is 19.6 Å². The van der Waals surface area contributed by atoms with Crippen LogP contribution in [-0.2, 0) is 18.8 Å². The van der Waals surface area contributed by atoms with Crippen LogP contribution in [0, 0.1) is 98.6 Å². The standard InChI is InChI=1S/C28H50OSi.C25H40O4/c1-9-10-20(3)22-11-12-23-26-24(14-16-28(22,23)5)27(4)15-13-19(2)17-21(27)18-25(26)29-30(6,7)8;1-15(5-8-22(28)29-4)18-6-7-19-23-20(10-12-25(18,19)3)24(2)11-9-17(26)13-16(24)14-21(23)27/h18-24,26H,9-17H2,1-8H3;15-20,23,26H,5-14H2,1-4H3/t19-,20-,21?,22-,23?,24?,26?,27+,28-;15-,16?,17-,18-,19?,20?,23?,24+,25-/m11/s1. The Balaban J connectivity index is 0.000000179. The molecule has 8 aliphatic rings. The molecular formula is C53H90O5Si. The number of aliphatic hydroxyl groups excluding tert-OH is 1. The van der Waals surface area contributed by atoms with Crippen molar-refractivity contribution in [1.82, 2.24) is 0 Å². The lowest BCUT2D eigenvalue weighted by Gasteiger charge is -2.60. The number of hydrogen-bond donors (Lipinski definition) is 1. The molecule has 59 heavy (non-hydrogen) atoms. The molecule has 336 valence electrons. The zero-order chi connectivity index (χ0) is 42.9. The molecule has 5 nitrogen and oxygen atoms in total. The van der Waals surface area contributed by atoms with E-state index in [0.29, 0.717) is 65.0 Å². The van der Waals surface area contributed by atoms with Crippen LogP contribution in [0.3, 0.4) is 0 Å². The molecular weight excluding hydrogens is 745 g/mol. The molecule has 8 rings (SSSR count). The van der Waals surface area contributed by atoms with E-state index >= 15 is 0 Å². The van der Waals surface area contributed by atoms with Crippen LogP contribution in [0.15, 0.2) is 11.8 Å². The minimum Gasteiger partial charge on any atom is -0.547 e. The minimum absolute atomic E-state index is 0.110. The van der Waals surface area contributed by atoms with Crippen LogP contribution in [0.25, 0.3) is 0 Å². The van der Waals surface area contributed by atoms with Crippen LogP contribution in [0.4, 0.5) is 0 Å². The molecule has 8 aliphatic carbocycles. The number of fused-ring (bicyclic) bond motifs is 10. The van der Waals surface area contributed by atoms with Gasteiger partial charge in [0.2, 0.25) is 8.32 Å². The Hall–Kier alpha value is -1.14. The summed E-state index contributed by atoms with van der Waals surface area (Å²) in [6.07, 6.45) is 24.9. The summed E-state index contributed by atoms with van der Waals surface area (Å²) in [5, 5.41) is 10.2. The Morgan fingerprint density at radius 3 is 1.90 bits per heavy atom. The van der Waals surface area contributed by atoms with Crippen molar-refractivity contribution in [2.45, 2.75) is 203 Å². The Kier molecular flexibility index (Phi) is 13.3. The fourth-order valence-corrected chi connectivity index (χ4v) is 18.4. The van der Waals surface area contributed by atoms with E-state index < -0.39 is 8.32 Å². The number of hydrogen-bond acceptors (Lipinski definition) is 5. The molecule has 0 aliphatic heterocycles. The van der Waals surface area contributed by atoms with E-state index in [1.165, 1.54) is 89.9 Å². The zero-order valence-electron chi connectivity index (χ0n) is 40.2. The third-order valence-corrected chi connectivity index (χ3v) is 21.5. The smallest absolute Gasteiger partial charge is 0.305 e. The van der Waals surface area contributed by atoms with Crippen molar-refractivity contribution in [3.8, 4) is 0 Å². The average molecular weight is 835 g/mol. The second-order valence-corrected chi connectivity index (χ2v) is 29.3. The van der Waals surface area contributed by atoms with Gasteiger partial charge >= 0.3 is 5.97 Å². The molecule has 0 aromatic carbocycles. The van der Waals surface area contributed by atoms with Gasteiger partial charge in [0.15, 0.2) is 0 Å². The van der Waals surface area contributed by atoms with Gasteiger partial charge in [-0.05, 0) is 202 Å². The first-order chi connectivity index (χ1) is 27.7. The van der Waals surface area contributed by atoms with Crippen molar-refractivity contribution in [2.24, 2.45) is 98.6 Å². The Bertz CT molecular complexity index is 1550. The van der Waals surface area contributed by atoms with Crippen molar-refractivity contribution in [3.63, 3.8) is 0 Å². The van der Waals surface area contributed by atoms with Gasteiger partial charge in [-0.1, -0.05) is 74.7 Å². The summed E-state index contributed by atoms with van der Waals surface area (Å²) in [6.45, 7) is 27.1. The summed E-state index contributed by atoms with van der Waals surface area (Å²) in [5.74, 6) is 10.4. The van der Waals surface area contributed by atoms with Crippen LogP contribution < -0.4 is 0 Å². The summed E-state index contributed by atoms with van der Waals surface area (Å²) < 4.78 is 11.8. The number of carbonyl (C=O) groups excluding carboxylic acids is 2. The van der Waals surface area contributed by atoms with E-state index in [9.17, 15) is 14.7 Å². The van der Waals surface area contributed by atoms with Crippen LogP contribution in [-0.4, -0.2) is 38.4 Å². The van der Waals surface area contributed by atoms with Crippen molar-refractivity contribution in [3.05, 3.63) is 11.8 Å². The van der Waals surface area contributed by atoms with Gasteiger partial charge in [0.25, 0.3) is 0 Å². The van der Waals surface area contributed by atoms with Gasteiger partial charge in [0.1, 0.15) is 5.78 Å². The van der Waals surface area contributed by atoms with E-state index in [2.05, 4.69) is 81.1 Å². The maximum absolute atomic E-state index is 13.4. The lowest BCUT2D eigenvalue weighted by molar-refractivity contribution is -0.160. The molecule has 0 bridgehead atoms. The molecule has 18 atom stereocenters. The number of ketones is 1. The summed E-state index contributed by atoms with van der Waals surface area (Å²) in [4.78, 5) is 25.0. The second kappa shape index (κ2) is 17.1. The number of Topliss-reactive ketones (excluding diaryl/α,β-unsaturated/α-hetero) is 1. The SMILES string of the molecule is CCC[C@@H](C)[C@H]1CCC2C3C(O[Si](C)(C)C)=CC4C[C@H](C)CC[C@]4(C)C3CC[C@@]21C.COC(=O)CC[C@@H](C)[C@H]1CCC2C3C(=O)CC4C[C@H](O)CC[C@]4(C)C3CC[C@@]21C. The molecule has 0 amide bonds. The monoisotopic (exact) mass is 835 g/mol. The van der Waals surface area contributed by atoms with Crippen molar-refractivity contribution < 1.29 is 23.9 Å². The molecule has 7 fully saturated rings. The van der Waals surface area contributed by atoms with E-state index in [1.807, 2.05) is 0 Å². The predicted molar refractivity (Wildman–Crippen MR) is 244 cm³/mol. The lowest BCUT2D eigenvalue weighted by Crippen LogP contribution is -2.57. The first-order valence-electron chi connectivity index (χ1n) is 25.4. The molecule has 0 heterocycles. The summed E-state index contributed by atoms with van der Waals surface area (Å²) in [5.41, 5.74) is 1.50. The molecule has 0 spiro atoms. The highest BCUT2D eigenvalue weighted by Gasteiger charge is 2.64. The van der Waals surface area contributed by atoms with Crippen molar-refractivity contribution >= 4 is 20.1 Å². The van der Waals surface area contributed by atoms with Gasteiger partial charge in [-0.15, -0.1) is 0 Å². The summed E-state index contributed by atoms with van der Waals surface area (Å²) >= 11 is 0. The molecule has 0 aromatic rings. The number of ether oxygens (including phenoxy) is 1.